The highest BCUT2D eigenvalue weighted by atomic mass is 15.3. The quantitative estimate of drug-likeness (QED) is 0.899. The van der Waals surface area contributed by atoms with Crippen molar-refractivity contribution in [2.75, 3.05) is 5.32 Å². The number of benzene rings is 1. The van der Waals surface area contributed by atoms with E-state index >= 15 is 0 Å². The van der Waals surface area contributed by atoms with E-state index in [0.717, 1.165) is 11.6 Å². The van der Waals surface area contributed by atoms with Crippen molar-refractivity contribution >= 4 is 5.69 Å². The first-order chi connectivity index (χ1) is 10.0. The summed E-state index contributed by atoms with van der Waals surface area (Å²) in [6, 6.07) is 11.1. The van der Waals surface area contributed by atoms with Gasteiger partial charge in [-0.25, -0.2) is 4.68 Å². The first-order valence-electron chi connectivity index (χ1n) is 7.90. The van der Waals surface area contributed by atoms with Crippen LogP contribution in [0.2, 0.25) is 0 Å². The molecule has 0 aliphatic heterocycles. The van der Waals surface area contributed by atoms with E-state index in [4.69, 9.17) is 0 Å². The maximum absolute atomic E-state index is 4.26. The zero-order valence-corrected chi connectivity index (χ0v) is 13.2. The van der Waals surface area contributed by atoms with Gasteiger partial charge in [-0.2, -0.15) is 5.10 Å². The summed E-state index contributed by atoms with van der Waals surface area (Å²) in [6.07, 6.45) is 7.64. The van der Waals surface area contributed by atoms with Crippen LogP contribution in [-0.2, 0) is 0 Å². The maximum Gasteiger partial charge on any atom is 0.0647 e. The first kappa shape index (κ1) is 14.2. The van der Waals surface area contributed by atoms with Crippen molar-refractivity contribution in [1.29, 1.82) is 0 Å². The number of rotatable bonds is 3. The van der Waals surface area contributed by atoms with Gasteiger partial charge in [-0.3, -0.25) is 0 Å². The molecule has 0 radical (unpaired) electrons. The lowest BCUT2D eigenvalue weighted by Crippen LogP contribution is -2.36. The van der Waals surface area contributed by atoms with E-state index in [1.807, 2.05) is 16.9 Å². The van der Waals surface area contributed by atoms with Crippen LogP contribution in [0.3, 0.4) is 0 Å². The molecule has 112 valence electrons. The zero-order valence-electron chi connectivity index (χ0n) is 13.2. The third-order valence-electron chi connectivity index (χ3n) is 4.68. The Hall–Kier alpha value is -1.77. The van der Waals surface area contributed by atoms with Crippen LogP contribution in [0.15, 0.2) is 42.7 Å². The minimum atomic E-state index is 0.502. The van der Waals surface area contributed by atoms with E-state index in [0.29, 0.717) is 11.5 Å². The van der Waals surface area contributed by atoms with Crippen molar-refractivity contribution in [3.05, 3.63) is 42.7 Å². The molecule has 0 saturated heterocycles. The Kier molecular flexibility index (Phi) is 3.75. The van der Waals surface area contributed by atoms with Crippen LogP contribution in [0.4, 0.5) is 5.69 Å². The standard InChI is InChI=1S/C18H25N3/c1-14-13-18(2,3)10-9-17(14)20-15-5-7-16(8-6-15)21-12-4-11-19-21/h4-8,11-12,14,17,20H,9-10,13H2,1-3H3. The number of aromatic nitrogens is 2. The SMILES string of the molecule is CC1CC(C)(C)CCC1Nc1ccc(-n2cccn2)cc1. The predicted molar refractivity (Wildman–Crippen MR) is 87.8 cm³/mol. The summed E-state index contributed by atoms with van der Waals surface area (Å²) in [5.41, 5.74) is 2.81. The van der Waals surface area contributed by atoms with Gasteiger partial charge < -0.3 is 5.32 Å². The summed E-state index contributed by atoms with van der Waals surface area (Å²) in [4.78, 5) is 0. The van der Waals surface area contributed by atoms with Crippen molar-refractivity contribution in [2.45, 2.75) is 46.1 Å². The summed E-state index contributed by atoms with van der Waals surface area (Å²) >= 11 is 0. The first-order valence-corrected chi connectivity index (χ1v) is 7.90. The Bertz CT molecular complexity index is 569. The smallest absolute Gasteiger partial charge is 0.0647 e. The van der Waals surface area contributed by atoms with E-state index in [9.17, 15) is 0 Å². The monoisotopic (exact) mass is 283 g/mol. The lowest BCUT2D eigenvalue weighted by atomic mass is 9.70. The van der Waals surface area contributed by atoms with E-state index in [1.165, 1.54) is 24.9 Å². The Morgan fingerprint density at radius 2 is 2.00 bits per heavy atom. The van der Waals surface area contributed by atoms with Crippen LogP contribution in [0, 0.1) is 11.3 Å². The number of hydrogen-bond acceptors (Lipinski definition) is 2. The molecule has 0 bridgehead atoms. The van der Waals surface area contributed by atoms with Gasteiger partial charge in [0.15, 0.2) is 0 Å². The van der Waals surface area contributed by atoms with Gasteiger partial charge in [0.25, 0.3) is 0 Å². The fourth-order valence-corrected chi connectivity index (χ4v) is 3.51. The fraction of sp³-hybridized carbons (Fsp3) is 0.500. The maximum atomic E-state index is 4.26. The van der Waals surface area contributed by atoms with Crippen LogP contribution in [0.5, 0.6) is 0 Å². The third-order valence-corrected chi connectivity index (χ3v) is 4.68. The van der Waals surface area contributed by atoms with Gasteiger partial charge in [-0.1, -0.05) is 20.8 Å². The Morgan fingerprint density at radius 3 is 2.62 bits per heavy atom. The van der Waals surface area contributed by atoms with Gasteiger partial charge in [0.2, 0.25) is 0 Å². The largest absolute Gasteiger partial charge is 0.382 e. The molecular weight excluding hydrogens is 258 g/mol. The van der Waals surface area contributed by atoms with Crippen molar-refractivity contribution in [3.8, 4) is 5.69 Å². The molecule has 0 amide bonds. The van der Waals surface area contributed by atoms with E-state index in [-0.39, 0.29) is 0 Å². The van der Waals surface area contributed by atoms with Gasteiger partial charge in [0.1, 0.15) is 0 Å². The van der Waals surface area contributed by atoms with Crippen LogP contribution in [0.1, 0.15) is 40.0 Å². The van der Waals surface area contributed by atoms with Gasteiger partial charge in [-0.15, -0.1) is 0 Å². The topological polar surface area (TPSA) is 29.9 Å². The van der Waals surface area contributed by atoms with Crippen molar-refractivity contribution in [1.82, 2.24) is 9.78 Å². The van der Waals surface area contributed by atoms with Crippen molar-refractivity contribution in [3.63, 3.8) is 0 Å². The molecule has 3 rings (SSSR count). The molecule has 2 atom stereocenters. The van der Waals surface area contributed by atoms with Gasteiger partial charge in [0.05, 0.1) is 5.69 Å². The molecule has 1 fully saturated rings. The van der Waals surface area contributed by atoms with E-state index in [2.05, 4.69) is 55.5 Å². The highest BCUT2D eigenvalue weighted by molar-refractivity contribution is 5.49. The second-order valence-electron chi connectivity index (χ2n) is 7.13. The van der Waals surface area contributed by atoms with Crippen molar-refractivity contribution < 1.29 is 0 Å². The summed E-state index contributed by atoms with van der Waals surface area (Å²) in [5, 5.41) is 7.97. The lowest BCUT2D eigenvalue weighted by molar-refractivity contribution is 0.177. The molecule has 1 aliphatic rings. The molecule has 1 aliphatic carbocycles. The lowest BCUT2D eigenvalue weighted by Gasteiger charge is -2.40. The van der Waals surface area contributed by atoms with Gasteiger partial charge in [-0.05, 0) is 60.9 Å². The van der Waals surface area contributed by atoms with Gasteiger partial charge in [0, 0.05) is 24.1 Å². The Labute approximate surface area is 127 Å². The molecule has 1 aromatic carbocycles. The molecule has 3 nitrogen and oxygen atoms in total. The molecule has 3 heteroatoms. The summed E-state index contributed by atoms with van der Waals surface area (Å²) < 4.78 is 1.88. The van der Waals surface area contributed by atoms with Crippen LogP contribution in [0.25, 0.3) is 5.69 Å². The second-order valence-corrected chi connectivity index (χ2v) is 7.13. The number of anilines is 1. The highest BCUT2D eigenvalue weighted by Crippen LogP contribution is 2.39. The minimum absolute atomic E-state index is 0.502. The summed E-state index contributed by atoms with van der Waals surface area (Å²) in [6.45, 7) is 7.15. The van der Waals surface area contributed by atoms with Crippen LogP contribution in [-0.4, -0.2) is 15.8 Å². The second kappa shape index (κ2) is 5.55. The molecule has 2 unspecified atom stereocenters. The Balaban J connectivity index is 1.66. The normalized spacial score (nSPS) is 24.7. The van der Waals surface area contributed by atoms with E-state index < -0.39 is 0 Å². The molecule has 21 heavy (non-hydrogen) atoms. The zero-order chi connectivity index (χ0) is 14.9. The van der Waals surface area contributed by atoms with Gasteiger partial charge >= 0.3 is 0 Å². The van der Waals surface area contributed by atoms with Crippen molar-refractivity contribution in [2.24, 2.45) is 11.3 Å². The molecule has 0 spiro atoms. The fourth-order valence-electron chi connectivity index (χ4n) is 3.51. The molecule has 1 N–H and O–H groups in total. The Morgan fingerprint density at radius 1 is 1.24 bits per heavy atom. The number of hydrogen-bond donors (Lipinski definition) is 1. The molecular formula is C18H25N3. The molecule has 2 aromatic rings. The average molecular weight is 283 g/mol. The van der Waals surface area contributed by atoms with E-state index in [1.54, 1.807) is 6.20 Å². The number of nitrogens with zero attached hydrogens (tertiary/aromatic N) is 2. The molecule has 1 saturated carbocycles. The van der Waals surface area contributed by atoms with Crippen LogP contribution < -0.4 is 5.32 Å². The number of nitrogens with one attached hydrogen (secondary N) is 1. The molecule has 1 aromatic heterocycles. The average Bonchev–Trinajstić information content (AvgIpc) is 2.96. The highest BCUT2D eigenvalue weighted by Gasteiger charge is 2.32. The predicted octanol–water partition coefficient (Wildman–Crippen LogP) is 4.50. The molecule has 1 heterocycles. The van der Waals surface area contributed by atoms with Crippen LogP contribution >= 0.6 is 0 Å². The minimum Gasteiger partial charge on any atom is -0.382 e. The third kappa shape index (κ3) is 3.29. The summed E-state index contributed by atoms with van der Waals surface area (Å²) in [7, 11) is 0. The summed E-state index contributed by atoms with van der Waals surface area (Å²) in [5.74, 6) is 0.722.